The van der Waals surface area contributed by atoms with Crippen molar-refractivity contribution in [1.82, 2.24) is 4.57 Å². The van der Waals surface area contributed by atoms with E-state index in [1.807, 2.05) is 12.3 Å². The lowest BCUT2D eigenvalue weighted by Crippen LogP contribution is -2.04. The summed E-state index contributed by atoms with van der Waals surface area (Å²) in [5.41, 5.74) is 1.09. The van der Waals surface area contributed by atoms with Gasteiger partial charge in [-0.1, -0.05) is 0 Å². The number of aliphatic hydroxyl groups is 1. The van der Waals surface area contributed by atoms with Crippen LogP contribution in [0.1, 0.15) is 29.2 Å². The maximum absolute atomic E-state index is 11.2. The second kappa shape index (κ2) is 4.59. The van der Waals surface area contributed by atoms with E-state index in [4.69, 9.17) is 14.9 Å². The van der Waals surface area contributed by atoms with Crippen molar-refractivity contribution in [3.63, 3.8) is 0 Å². The summed E-state index contributed by atoms with van der Waals surface area (Å²) in [6.45, 7) is 0.0644. The minimum atomic E-state index is -0.973. The minimum Gasteiger partial charge on any atom is -0.490 e. The van der Waals surface area contributed by atoms with Crippen LogP contribution >= 0.6 is 0 Å². The van der Waals surface area contributed by atoms with Gasteiger partial charge in [-0.05, 0) is 31.0 Å². The van der Waals surface area contributed by atoms with Gasteiger partial charge in [0, 0.05) is 17.6 Å². The van der Waals surface area contributed by atoms with E-state index in [0.29, 0.717) is 11.8 Å². The van der Waals surface area contributed by atoms with Crippen LogP contribution in [0.3, 0.4) is 0 Å². The van der Waals surface area contributed by atoms with E-state index in [9.17, 15) is 4.79 Å². The third-order valence-electron chi connectivity index (χ3n) is 3.34. The van der Waals surface area contributed by atoms with Crippen LogP contribution in [0.2, 0.25) is 0 Å². The summed E-state index contributed by atoms with van der Waals surface area (Å²) in [5.74, 6) is -0.456. The Morgan fingerprint density at radius 1 is 1.42 bits per heavy atom. The molecule has 2 aromatic rings. The highest BCUT2D eigenvalue weighted by Crippen LogP contribution is 2.40. The highest BCUT2D eigenvalue weighted by molar-refractivity contribution is 5.96. The summed E-state index contributed by atoms with van der Waals surface area (Å²) in [5, 5.41) is 18.9. The van der Waals surface area contributed by atoms with Crippen LogP contribution in [0.15, 0.2) is 24.4 Å². The first kappa shape index (κ1) is 12.0. The summed E-state index contributed by atoms with van der Waals surface area (Å²) < 4.78 is 7.55. The molecule has 0 atom stereocenters. The topological polar surface area (TPSA) is 71.7 Å². The Bertz CT molecular complexity index is 628. The Kier molecular flexibility index (Phi) is 2.91. The second-order valence-electron chi connectivity index (χ2n) is 4.74. The Morgan fingerprint density at radius 2 is 2.21 bits per heavy atom. The zero-order chi connectivity index (χ0) is 13.4. The van der Waals surface area contributed by atoms with Crippen molar-refractivity contribution in [1.29, 1.82) is 0 Å². The van der Waals surface area contributed by atoms with Gasteiger partial charge in [-0.15, -0.1) is 0 Å². The normalized spacial score (nSPS) is 14.8. The van der Waals surface area contributed by atoms with E-state index < -0.39 is 5.97 Å². The van der Waals surface area contributed by atoms with Gasteiger partial charge in [0.05, 0.1) is 17.7 Å². The van der Waals surface area contributed by atoms with Crippen LogP contribution in [0.4, 0.5) is 0 Å². The van der Waals surface area contributed by atoms with E-state index in [1.165, 1.54) is 6.07 Å². The number of rotatable bonds is 5. The van der Waals surface area contributed by atoms with Gasteiger partial charge < -0.3 is 19.5 Å². The predicted octanol–water partition coefficient (Wildman–Crippen LogP) is 2.05. The van der Waals surface area contributed by atoms with Crippen molar-refractivity contribution >= 4 is 16.9 Å². The SMILES string of the molecule is O=C(O)c1cc(OCCO)c2ccn(C3CC3)c2c1. The minimum absolute atomic E-state index is 0.0951. The number of carbonyl (C=O) groups is 1. The van der Waals surface area contributed by atoms with Gasteiger partial charge in [0.2, 0.25) is 0 Å². The van der Waals surface area contributed by atoms with Crippen LogP contribution < -0.4 is 4.74 Å². The van der Waals surface area contributed by atoms with Crippen molar-refractivity contribution < 1.29 is 19.7 Å². The van der Waals surface area contributed by atoms with E-state index in [-0.39, 0.29) is 18.8 Å². The molecule has 0 saturated heterocycles. The van der Waals surface area contributed by atoms with E-state index in [1.54, 1.807) is 6.07 Å². The summed E-state index contributed by atoms with van der Waals surface area (Å²) >= 11 is 0. The fourth-order valence-electron chi connectivity index (χ4n) is 2.30. The summed E-state index contributed by atoms with van der Waals surface area (Å²) in [6.07, 6.45) is 4.24. The molecule has 5 nitrogen and oxygen atoms in total. The molecule has 1 aliphatic rings. The molecule has 3 rings (SSSR count). The van der Waals surface area contributed by atoms with E-state index in [0.717, 1.165) is 23.7 Å². The monoisotopic (exact) mass is 261 g/mol. The molecule has 0 radical (unpaired) electrons. The van der Waals surface area contributed by atoms with Crippen LogP contribution in [0.5, 0.6) is 5.75 Å². The van der Waals surface area contributed by atoms with E-state index in [2.05, 4.69) is 4.57 Å². The molecule has 5 heteroatoms. The third-order valence-corrected chi connectivity index (χ3v) is 3.34. The summed E-state index contributed by atoms with van der Waals surface area (Å²) in [4.78, 5) is 11.2. The summed E-state index contributed by atoms with van der Waals surface area (Å²) in [7, 11) is 0. The average Bonchev–Trinajstić information content (AvgIpc) is 3.15. The Labute approximate surface area is 110 Å². The number of nitrogens with zero attached hydrogens (tertiary/aromatic N) is 1. The van der Waals surface area contributed by atoms with Crippen molar-refractivity contribution in [2.45, 2.75) is 18.9 Å². The fraction of sp³-hybridized carbons (Fsp3) is 0.357. The third kappa shape index (κ3) is 2.17. The van der Waals surface area contributed by atoms with Crippen molar-refractivity contribution in [2.24, 2.45) is 0 Å². The van der Waals surface area contributed by atoms with Crippen LogP contribution in [-0.2, 0) is 0 Å². The molecule has 0 bridgehead atoms. The molecule has 0 amide bonds. The quantitative estimate of drug-likeness (QED) is 0.864. The standard InChI is InChI=1S/C14H15NO4/c16-5-6-19-13-8-9(14(17)18)7-12-11(13)3-4-15(12)10-1-2-10/h3-4,7-8,10,16H,1-2,5-6H2,(H,17,18). The second-order valence-corrected chi connectivity index (χ2v) is 4.74. The number of hydrogen-bond donors (Lipinski definition) is 2. The highest BCUT2D eigenvalue weighted by Gasteiger charge is 2.25. The number of fused-ring (bicyclic) bond motifs is 1. The molecule has 1 aliphatic carbocycles. The number of aliphatic hydroxyl groups excluding tert-OH is 1. The molecule has 1 fully saturated rings. The zero-order valence-corrected chi connectivity index (χ0v) is 10.4. The molecule has 100 valence electrons. The van der Waals surface area contributed by atoms with Gasteiger partial charge in [0.1, 0.15) is 12.4 Å². The molecule has 1 aromatic carbocycles. The summed E-state index contributed by atoms with van der Waals surface area (Å²) in [6, 6.07) is 5.61. The number of ether oxygens (including phenoxy) is 1. The largest absolute Gasteiger partial charge is 0.490 e. The molecule has 2 N–H and O–H groups in total. The lowest BCUT2D eigenvalue weighted by atomic mass is 10.1. The molecular weight excluding hydrogens is 246 g/mol. The Morgan fingerprint density at radius 3 is 2.84 bits per heavy atom. The molecule has 0 aliphatic heterocycles. The number of carboxylic acids is 1. The molecule has 1 aromatic heterocycles. The first-order chi connectivity index (χ1) is 9.20. The van der Waals surface area contributed by atoms with Crippen molar-refractivity contribution in [3.8, 4) is 5.75 Å². The number of carboxylic acid groups (broad SMARTS) is 1. The van der Waals surface area contributed by atoms with Crippen molar-refractivity contribution in [2.75, 3.05) is 13.2 Å². The molecule has 19 heavy (non-hydrogen) atoms. The molecule has 1 saturated carbocycles. The van der Waals surface area contributed by atoms with Gasteiger partial charge in [-0.2, -0.15) is 0 Å². The lowest BCUT2D eigenvalue weighted by molar-refractivity contribution is 0.0696. The smallest absolute Gasteiger partial charge is 0.335 e. The maximum Gasteiger partial charge on any atom is 0.335 e. The Balaban J connectivity index is 2.13. The van der Waals surface area contributed by atoms with Crippen molar-refractivity contribution in [3.05, 3.63) is 30.0 Å². The first-order valence-electron chi connectivity index (χ1n) is 6.32. The van der Waals surface area contributed by atoms with Crippen LogP contribution in [-0.4, -0.2) is 34.0 Å². The van der Waals surface area contributed by atoms with Gasteiger partial charge in [0.15, 0.2) is 0 Å². The average molecular weight is 261 g/mol. The fourth-order valence-corrected chi connectivity index (χ4v) is 2.30. The number of aromatic nitrogens is 1. The van der Waals surface area contributed by atoms with Crippen LogP contribution in [0, 0.1) is 0 Å². The molecular formula is C14H15NO4. The van der Waals surface area contributed by atoms with Gasteiger partial charge in [0.25, 0.3) is 0 Å². The number of aromatic carboxylic acids is 1. The van der Waals surface area contributed by atoms with Gasteiger partial charge in [-0.25, -0.2) is 4.79 Å². The lowest BCUT2D eigenvalue weighted by Gasteiger charge is -2.09. The Hall–Kier alpha value is -2.01. The zero-order valence-electron chi connectivity index (χ0n) is 10.4. The molecule has 0 unspecified atom stereocenters. The molecule has 0 spiro atoms. The molecule has 1 heterocycles. The van der Waals surface area contributed by atoms with Crippen LogP contribution in [0.25, 0.3) is 10.9 Å². The maximum atomic E-state index is 11.2. The van der Waals surface area contributed by atoms with E-state index >= 15 is 0 Å². The van der Waals surface area contributed by atoms with Gasteiger partial charge >= 0.3 is 5.97 Å². The predicted molar refractivity (Wildman–Crippen MR) is 69.7 cm³/mol. The number of benzene rings is 1. The highest BCUT2D eigenvalue weighted by atomic mass is 16.5. The number of hydrogen-bond acceptors (Lipinski definition) is 3. The van der Waals surface area contributed by atoms with Gasteiger partial charge in [-0.3, -0.25) is 0 Å². The first-order valence-corrected chi connectivity index (χ1v) is 6.32.